The van der Waals surface area contributed by atoms with Crippen molar-refractivity contribution in [1.29, 1.82) is 0 Å². The first kappa shape index (κ1) is 18.9. The zero-order chi connectivity index (χ0) is 18.2. The number of furan rings is 1. The normalized spacial score (nSPS) is 13.1. The lowest BCUT2D eigenvalue weighted by atomic mass is 10.1. The summed E-state index contributed by atoms with van der Waals surface area (Å²) in [6.45, 7) is 6.61. The summed E-state index contributed by atoms with van der Waals surface area (Å²) < 4.78 is 10.9. The molecule has 1 aromatic heterocycles. The lowest BCUT2D eigenvalue weighted by Crippen LogP contribution is -2.42. The Labute approximate surface area is 148 Å². The van der Waals surface area contributed by atoms with Crippen LogP contribution in [-0.2, 0) is 0 Å². The highest BCUT2D eigenvalue weighted by Gasteiger charge is 2.16. The Morgan fingerprint density at radius 3 is 2.60 bits per heavy atom. The number of amides is 2. The maximum absolute atomic E-state index is 11.9. The first-order valence-corrected chi connectivity index (χ1v) is 8.42. The topological polar surface area (TPSA) is 83.7 Å². The van der Waals surface area contributed by atoms with Crippen molar-refractivity contribution in [2.24, 2.45) is 0 Å². The molecule has 2 aromatic rings. The van der Waals surface area contributed by atoms with Crippen molar-refractivity contribution in [3.63, 3.8) is 0 Å². The van der Waals surface area contributed by atoms with E-state index in [9.17, 15) is 9.90 Å². The zero-order valence-electron chi connectivity index (χ0n) is 14.9. The molecule has 6 nitrogen and oxygen atoms in total. The van der Waals surface area contributed by atoms with Crippen molar-refractivity contribution >= 4 is 6.03 Å². The molecule has 0 radical (unpaired) electrons. The SMILES string of the molecule is Cc1cccc(C)c1OCCNC(=O)NC(C)CC(O)c1ccco1. The second kappa shape index (κ2) is 9.13. The Bertz CT molecular complexity index is 650. The van der Waals surface area contributed by atoms with E-state index in [1.54, 1.807) is 12.1 Å². The van der Waals surface area contributed by atoms with Gasteiger partial charge in [0.25, 0.3) is 0 Å². The molecule has 1 aromatic carbocycles. The number of benzene rings is 1. The Morgan fingerprint density at radius 1 is 1.24 bits per heavy atom. The van der Waals surface area contributed by atoms with E-state index in [4.69, 9.17) is 9.15 Å². The lowest BCUT2D eigenvalue weighted by molar-refractivity contribution is 0.129. The first-order chi connectivity index (χ1) is 12.0. The van der Waals surface area contributed by atoms with E-state index < -0.39 is 6.10 Å². The minimum atomic E-state index is -0.738. The molecule has 0 fully saturated rings. The van der Waals surface area contributed by atoms with Crippen LogP contribution in [0.25, 0.3) is 0 Å². The van der Waals surface area contributed by atoms with E-state index in [1.807, 2.05) is 39.0 Å². The van der Waals surface area contributed by atoms with Crippen molar-refractivity contribution in [2.45, 2.75) is 39.3 Å². The predicted molar refractivity (Wildman–Crippen MR) is 95.7 cm³/mol. The number of carbonyl (C=O) groups is 1. The molecular formula is C19H26N2O4. The largest absolute Gasteiger partial charge is 0.491 e. The van der Waals surface area contributed by atoms with Gasteiger partial charge in [-0.1, -0.05) is 18.2 Å². The molecule has 136 valence electrons. The summed E-state index contributed by atoms with van der Waals surface area (Å²) >= 11 is 0. The molecule has 6 heteroatoms. The number of ether oxygens (including phenoxy) is 1. The van der Waals surface area contributed by atoms with Crippen LogP contribution in [0.4, 0.5) is 4.79 Å². The van der Waals surface area contributed by atoms with Gasteiger partial charge in [-0.25, -0.2) is 4.79 Å². The maximum Gasteiger partial charge on any atom is 0.315 e. The average molecular weight is 346 g/mol. The molecule has 0 saturated carbocycles. The quantitative estimate of drug-likeness (QED) is 0.641. The van der Waals surface area contributed by atoms with Crippen LogP contribution < -0.4 is 15.4 Å². The van der Waals surface area contributed by atoms with E-state index in [-0.39, 0.29) is 12.1 Å². The molecule has 0 spiro atoms. The van der Waals surface area contributed by atoms with E-state index in [2.05, 4.69) is 10.6 Å². The van der Waals surface area contributed by atoms with Gasteiger partial charge in [0.1, 0.15) is 24.2 Å². The van der Waals surface area contributed by atoms with Crippen LogP contribution in [0.1, 0.15) is 36.3 Å². The average Bonchev–Trinajstić information content (AvgIpc) is 3.08. The number of hydrogen-bond donors (Lipinski definition) is 3. The van der Waals surface area contributed by atoms with Crippen LogP contribution in [0.2, 0.25) is 0 Å². The maximum atomic E-state index is 11.9. The molecule has 0 bridgehead atoms. The predicted octanol–water partition coefficient (Wildman–Crippen LogP) is 3.09. The van der Waals surface area contributed by atoms with Crippen LogP contribution in [0, 0.1) is 13.8 Å². The van der Waals surface area contributed by atoms with Crippen molar-refractivity contribution in [2.75, 3.05) is 13.2 Å². The molecule has 0 aliphatic heterocycles. The summed E-state index contributed by atoms with van der Waals surface area (Å²) in [4.78, 5) is 11.9. The number of rotatable bonds is 8. The van der Waals surface area contributed by atoms with E-state index in [1.165, 1.54) is 6.26 Å². The fraction of sp³-hybridized carbons (Fsp3) is 0.421. The molecule has 2 rings (SSSR count). The first-order valence-electron chi connectivity index (χ1n) is 8.42. The molecule has 2 unspecified atom stereocenters. The molecular weight excluding hydrogens is 320 g/mol. The number of aliphatic hydroxyl groups is 1. The van der Waals surface area contributed by atoms with Gasteiger partial charge in [0, 0.05) is 12.5 Å². The van der Waals surface area contributed by atoms with E-state index >= 15 is 0 Å². The molecule has 1 heterocycles. The zero-order valence-corrected chi connectivity index (χ0v) is 14.9. The van der Waals surface area contributed by atoms with Crippen LogP contribution in [0.3, 0.4) is 0 Å². The Balaban J connectivity index is 1.66. The summed E-state index contributed by atoms with van der Waals surface area (Å²) in [7, 11) is 0. The highest BCUT2D eigenvalue weighted by Crippen LogP contribution is 2.22. The number of urea groups is 1. The van der Waals surface area contributed by atoms with Crippen molar-refractivity contribution < 1.29 is 19.1 Å². The van der Waals surface area contributed by atoms with Gasteiger partial charge in [0.15, 0.2) is 0 Å². The Hall–Kier alpha value is -2.47. The summed E-state index contributed by atoms with van der Waals surface area (Å²) in [6.07, 6.45) is 1.15. The molecule has 0 aliphatic rings. The van der Waals surface area contributed by atoms with Gasteiger partial charge in [-0.15, -0.1) is 0 Å². The molecule has 2 atom stereocenters. The van der Waals surface area contributed by atoms with Crippen LogP contribution in [0.15, 0.2) is 41.0 Å². The molecule has 25 heavy (non-hydrogen) atoms. The second-order valence-electron chi connectivity index (χ2n) is 6.14. The lowest BCUT2D eigenvalue weighted by Gasteiger charge is -2.17. The number of carbonyl (C=O) groups excluding carboxylic acids is 1. The second-order valence-corrected chi connectivity index (χ2v) is 6.14. The fourth-order valence-electron chi connectivity index (χ4n) is 2.61. The Morgan fingerprint density at radius 2 is 1.96 bits per heavy atom. The number of nitrogens with one attached hydrogen (secondary N) is 2. The Kier molecular flexibility index (Phi) is 6.89. The third-order valence-electron chi connectivity index (χ3n) is 3.87. The molecule has 2 amide bonds. The number of hydrogen-bond acceptors (Lipinski definition) is 4. The van der Waals surface area contributed by atoms with Gasteiger partial charge < -0.3 is 24.9 Å². The van der Waals surface area contributed by atoms with E-state index in [0.29, 0.717) is 25.3 Å². The number of aryl methyl sites for hydroxylation is 2. The van der Waals surface area contributed by atoms with Crippen molar-refractivity contribution in [3.8, 4) is 5.75 Å². The van der Waals surface area contributed by atoms with Gasteiger partial charge in [0.2, 0.25) is 0 Å². The smallest absolute Gasteiger partial charge is 0.315 e. The van der Waals surface area contributed by atoms with Gasteiger partial charge in [-0.2, -0.15) is 0 Å². The van der Waals surface area contributed by atoms with Crippen molar-refractivity contribution in [3.05, 3.63) is 53.5 Å². The van der Waals surface area contributed by atoms with E-state index in [0.717, 1.165) is 16.9 Å². The monoisotopic (exact) mass is 346 g/mol. The third kappa shape index (κ3) is 5.83. The standard InChI is InChI=1S/C19H26N2O4/c1-13-6-4-7-14(2)18(13)25-11-9-20-19(23)21-15(3)12-16(22)17-8-5-10-24-17/h4-8,10,15-16,22H,9,11-12H2,1-3H3,(H2,20,21,23). The third-order valence-corrected chi connectivity index (χ3v) is 3.87. The minimum Gasteiger partial charge on any atom is -0.491 e. The number of para-hydroxylation sites is 1. The summed E-state index contributed by atoms with van der Waals surface area (Å²) in [5, 5.41) is 15.5. The molecule has 0 aliphatic carbocycles. The van der Waals surface area contributed by atoms with Crippen LogP contribution in [0.5, 0.6) is 5.75 Å². The highest BCUT2D eigenvalue weighted by atomic mass is 16.5. The van der Waals surface area contributed by atoms with Crippen molar-refractivity contribution in [1.82, 2.24) is 10.6 Å². The summed E-state index contributed by atoms with van der Waals surface area (Å²) in [5.74, 6) is 1.36. The fourth-order valence-corrected chi connectivity index (χ4v) is 2.61. The van der Waals surface area contributed by atoms with Gasteiger partial charge >= 0.3 is 6.03 Å². The van der Waals surface area contributed by atoms with Gasteiger partial charge in [0.05, 0.1) is 12.8 Å². The highest BCUT2D eigenvalue weighted by molar-refractivity contribution is 5.74. The number of aliphatic hydroxyl groups excluding tert-OH is 1. The molecule has 0 saturated heterocycles. The minimum absolute atomic E-state index is 0.195. The summed E-state index contributed by atoms with van der Waals surface area (Å²) in [6, 6.07) is 8.93. The van der Waals surface area contributed by atoms with Crippen LogP contribution >= 0.6 is 0 Å². The van der Waals surface area contributed by atoms with Crippen LogP contribution in [-0.4, -0.2) is 30.3 Å². The van der Waals surface area contributed by atoms with Gasteiger partial charge in [-0.3, -0.25) is 0 Å². The van der Waals surface area contributed by atoms with Gasteiger partial charge in [-0.05, 0) is 44.0 Å². The summed E-state index contributed by atoms with van der Waals surface area (Å²) in [5.41, 5.74) is 2.15. The molecule has 3 N–H and O–H groups in total.